The highest BCUT2D eigenvalue weighted by atomic mass is 16.5. The van der Waals surface area contributed by atoms with Crippen molar-refractivity contribution in [3.05, 3.63) is 36.2 Å². The molecule has 0 fully saturated rings. The van der Waals surface area contributed by atoms with Gasteiger partial charge in [-0.3, -0.25) is 9.48 Å². The molecular weight excluding hydrogens is 220 g/mol. The molecule has 0 aliphatic carbocycles. The monoisotopic (exact) mass is 232 g/mol. The van der Waals surface area contributed by atoms with Gasteiger partial charge in [-0.25, -0.2) is 0 Å². The van der Waals surface area contributed by atoms with Gasteiger partial charge >= 0.3 is 0 Å². The molecule has 17 heavy (non-hydrogen) atoms. The number of carbonyl (C=O) groups is 1. The minimum Gasteiger partial charge on any atom is -0.452 e. The summed E-state index contributed by atoms with van der Waals surface area (Å²) < 4.78 is 7.11. The summed E-state index contributed by atoms with van der Waals surface area (Å²) in [4.78, 5) is 11.0. The highest BCUT2D eigenvalue weighted by Gasteiger charge is 2.08. The van der Waals surface area contributed by atoms with Crippen LogP contribution in [0.25, 0.3) is 0 Å². The molecule has 1 aromatic carbocycles. The van der Waals surface area contributed by atoms with E-state index in [2.05, 4.69) is 5.10 Å². The van der Waals surface area contributed by atoms with Crippen molar-refractivity contribution >= 4 is 11.6 Å². The maximum atomic E-state index is 11.0. The summed E-state index contributed by atoms with van der Waals surface area (Å²) in [6, 6.07) is 4.63. The molecule has 0 radical (unpaired) electrons. The molecule has 1 heterocycles. The van der Waals surface area contributed by atoms with Crippen LogP contribution in [-0.4, -0.2) is 15.7 Å². The minimum atomic E-state index is -0.527. The standard InChI is InChI=1S/C11H12N4O2/c1-15-6-8(5-14-15)17-10-4-7(11(13)16)2-3-9(10)12/h2-6H,12H2,1H3,(H2,13,16). The third-order valence-electron chi connectivity index (χ3n) is 2.21. The molecule has 0 unspecified atom stereocenters. The number of hydrogen-bond donors (Lipinski definition) is 2. The van der Waals surface area contributed by atoms with Gasteiger partial charge in [0.2, 0.25) is 5.91 Å². The Hall–Kier alpha value is -2.50. The third kappa shape index (κ3) is 2.36. The van der Waals surface area contributed by atoms with Crippen LogP contribution < -0.4 is 16.2 Å². The molecule has 88 valence electrons. The number of anilines is 1. The Morgan fingerprint density at radius 2 is 2.24 bits per heavy atom. The summed E-state index contributed by atoms with van der Waals surface area (Å²) in [5, 5.41) is 3.96. The molecule has 0 aliphatic heterocycles. The van der Waals surface area contributed by atoms with Gasteiger partial charge in [-0.05, 0) is 18.2 Å². The smallest absolute Gasteiger partial charge is 0.248 e. The number of nitrogen functional groups attached to an aromatic ring is 1. The predicted octanol–water partition coefficient (Wildman–Crippen LogP) is 0.894. The van der Waals surface area contributed by atoms with Crippen molar-refractivity contribution in [2.45, 2.75) is 0 Å². The molecule has 0 atom stereocenters. The lowest BCUT2D eigenvalue weighted by Gasteiger charge is -2.07. The largest absolute Gasteiger partial charge is 0.452 e. The molecule has 1 amide bonds. The van der Waals surface area contributed by atoms with Crippen LogP contribution in [-0.2, 0) is 7.05 Å². The number of rotatable bonds is 3. The first-order valence-electron chi connectivity index (χ1n) is 4.92. The lowest BCUT2D eigenvalue weighted by atomic mass is 10.2. The molecule has 2 aromatic rings. The van der Waals surface area contributed by atoms with Crippen LogP contribution in [0, 0.1) is 0 Å². The van der Waals surface area contributed by atoms with Crippen molar-refractivity contribution in [3.8, 4) is 11.5 Å². The van der Waals surface area contributed by atoms with Crippen molar-refractivity contribution < 1.29 is 9.53 Å². The molecule has 2 rings (SSSR count). The number of aryl methyl sites for hydroxylation is 1. The normalized spacial score (nSPS) is 10.2. The number of amides is 1. The molecule has 0 aliphatic rings. The second-order valence-corrected chi connectivity index (χ2v) is 3.57. The van der Waals surface area contributed by atoms with E-state index >= 15 is 0 Å². The Morgan fingerprint density at radius 1 is 1.47 bits per heavy atom. The highest BCUT2D eigenvalue weighted by molar-refractivity contribution is 5.93. The van der Waals surface area contributed by atoms with Crippen LogP contribution in [0.2, 0.25) is 0 Å². The van der Waals surface area contributed by atoms with Gasteiger partial charge in [-0.1, -0.05) is 0 Å². The molecule has 0 saturated carbocycles. The summed E-state index contributed by atoms with van der Waals surface area (Å²) in [6.07, 6.45) is 3.24. The number of primary amides is 1. The average Bonchev–Trinajstić information content (AvgIpc) is 2.67. The van der Waals surface area contributed by atoms with Crippen LogP contribution in [0.1, 0.15) is 10.4 Å². The zero-order valence-electron chi connectivity index (χ0n) is 9.25. The lowest BCUT2D eigenvalue weighted by molar-refractivity contribution is 0.1000. The average molecular weight is 232 g/mol. The Bertz CT molecular complexity index is 562. The number of aromatic nitrogens is 2. The minimum absolute atomic E-state index is 0.345. The Labute approximate surface area is 97.8 Å². The van der Waals surface area contributed by atoms with Gasteiger partial charge in [0.15, 0.2) is 11.5 Å². The molecular formula is C11H12N4O2. The number of benzene rings is 1. The van der Waals surface area contributed by atoms with Gasteiger partial charge in [0.1, 0.15) is 0 Å². The van der Waals surface area contributed by atoms with E-state index in [-0.39, 0.29) is 0 Å². The van der Waals surface area contributed by atoms with E-state index in [4.69, 9.17) is 16.2 Å². The Morgan fingerprint density at radius 3 is 2.82 bits per heavy atom. The van der Waals surface area contributed by atoms with Crippen LogP contribution in [0.4, 0.5) is 5.69 Å². The van der Waals surface area contributed by atoms with Crippen molar-refractivity contribution in [2.24, 2.45) is 12.8 Å². The number of carbonyl (C=O) groups excluding carboxylic acids is 1. The predicted molar refractivity (Wildman–Crippen MR) is 62.7 cm³/mol. The van der Waals surface area contributed by atoms with E-state index in [1.165, 1.54) is 6.07 Å². The van der Waals surface area contributed by atoms with Crippen LogP contribution >= 0.6 is 0 Å². The topological polar surface area (TPSA) is 96.2 Å². The van der Waals surface area contributed by atoms with E-state index in [1.807, 2.05) is 0 Å². The third-order valence-corrected chi connectivity index (χ3v) is 2.21. The summed E-state index contributed by atoms with van der Waals surface area (Å²) in [7, 11) is 1.77. The molecule has 0 bridgehead atoms. The number of ether oxygens (including phenoxy) is 1. The molecule has 6 heteroatoms. The van der Waals surface area contributed by atoms with Crippen molar-refractivity contribution in [3.63, 3.8) is 0 Å². The lowest BCUT2D eigenvalue weighted by Crippen LogP contribution is -2.11. The van der Waals surface area contributed by atoms with E-state index in [9.17, 15) is 4.79 Å². The maximum absolute atomic E-state index is 11.0. The second kappa shape index (κ2) is 4.17. The Kier molecular flexibility index (Phi) is 2.70. The van der Waals surface area contributed by atoms with Gasteiger partial charge in [0, 0.05) is 12.6 Å². The zero-order valence-corrected chi connectivity index (χ0v) is 9.25. The first kappa shape index (κ1) is 11.0. The molecule has 1 aromatic heterocycles. The number of nitrogens with two attached hydrogens (primary N) is 2. The molecule has 0 spiro atoms. The molecule has 6 nitrogen and oxygen atoms in total. The SMILES string of the molecule is Cn1cc(Oc2cc(C(N)=O)ccc2N)cn1. The maximum Gasteiger partial charge on any atom is 0.248 e. The highest BCUT2D eigenvalue weighted by Crippen LogP contribution is 2.27. The summed E-state index contributed by atoms with van der Waals surface area (Å²) in [5.74, 6) is 0.399. The van der Waals surface area contributed by atoms with Crippen LogP contribution in [0.3, 0.4) is 0 Å². The van der Waals surface area contributed by atoms with Gasteiger partial charge < -0.3 is 16.2 Å². The molecule has 0 saturated heterocycles. The zero-order chi connectivity index (χ0) is 12.4. The van der Waals surface area contributed by atoms with E-state index in [1.54, 1.807) is 36.3 Å². The van der Waals surface area contributed by atoms with Crippen LogP contribution in [0.5, 0.6) is 11.5 Å². The summed E-state index contributed by atoms with van der Waals surface area (Å²) >= 11 is 0. The first-order chi connectivity index (χ1) is 8.06. The summed E-state index contributed by atoms with van der Waals surface area (Å²) in [6.45, 7) is 0. The Balaban J connectivity index is 2.31. The number of nitrogens with zero attached hydrogens (tertiary/aromatic N) is 2. The fourth-order valence-corrected chi connectivity index (χ4v) is 1.35. The van der Waals surface area contributed by atoms with Gasteiger partial charge in [-0.2, -0.15) is 5.10 Å². The van der Waals surface area contributed by atoms with Crippen molar-refractivity contribution in [1.82, 2.24) is 9.78 Å². The van der Waals surface area contributed by atoms with Gasteiger partial charge in [-0.15, -0.1) is 0 Å². The van der Waals surface area contributed by atoms with Crippen molar-refractivity contribution in [2.75, 3.05) is 5.73 Å². The van der Waals surface area contributed by atoms with E-state index < -0.39 is 5.91 Å². The fraction of sp³-hybridized carbons (Fsp3) is 0.0909. The van der Waals surface area contributed by atoms with Crippen molar-refractivity contribution in [1.29, 1.82) is 0 Å². The molecule has 4 N–H and O–H groups in total. The van der Waals surface area contributed by atoms with E-state index in [0.717, 1.165) is 0 Å². The first-order valence-corrected chi connectivity index (χ1v) is 4.92. The second-order valence-electron chi connectivity index (χ2n) is 3.57. The van der Waals surface area contributed by atoms with Crippen LogP contribution in [0.15, 0.2) is 30.6 Å². The fourth-order valence-electron chi connectivity index (χ4n) is 1.35. The number of hydrogen-bond acceptors (Lipinski definition) is 4. The summed E-state index contributed by atoms with van der Waals surface area (Å²) in [5.41, 5.74) is 11.7. The quantitative estimate of drug-likeness (QED) is 0.768. The van der Waals surface area contributed by atoms with Gasteiger partial charge in [0.05, 0.1) is 18.1 Å². The van der Waals surface area contributed by atoms with E-state index in [0.29, 0.717) is 22.7 Å². The van der Waals surface area contributed by atoms with Gasteiger partial charge in [0.25, 0.3) is 0 Å².